The van der Waals surface area contributed by atoms with Crippen LogP contribution >= 0.6 is 11.6 Å². The average molecular weight is 675 g/mol. The Hall–Kier alpha value is -5.08. The van der Waals surface area contributed by atoms with Gasteiger partial charge in [0.1, 0.15) is 11.6 Å². The highest BCUT2D eigenvalue weighted by atomic mass is 35.5. The molecule has 2 saturated heterocycles. The molecule has 3 aliphatic rings. The number of nitrogens with zero attached hydrogens (tertiary/aromatic N) is 5. The van der Waals surface area contributed by atoms with Crippen LogP contribution in [0.5, 0.6) is 0 Å². The Morgan fingerprint density at radius 1 is 1.02 bits per heavy atom. The fourth-order valence-corrected chi connectivity index (χ4v) is 6.91. The molecule has 48 heavy (non-hydrogen) atoms. The number of amides is 4. The zero-order valence-corrected chi connectivity index (χ0v) is 26.8. The summed E-state index contributed by atoms with van der Waals surface area (Å²) in [4.78, 5) is 69.8. The molecule has 1 atom stereocenters. The van der Waals surface area contributed by atoms with Crippen LogP contribution in [0.3, 0.4) is 0 Å². The van der Waals surface area contributed by atoms with Crippen LogP contribution in [-0.4, -0.2) is 94.2 Å². The topological polar surface area (TPSA) is 156 Å². The van der Waals surface area contributed by atoms with Crippen molar-refractivity contribution < 1.29 is 23.6 Å². The summed E-state index contributed by atoms with van der Waals surface area (Å²) < 4.78 is 5.21. The van der Waals surface area contributed by atoms with Gasteiger partial charge in [-0.1, -0.05) is 29.8 Å². The zero-order valence-electron chi connectivity index (χ0n) is 26.1. The molecule has 0 bridgehead atoms. The van der Waals surface area contributed by atoms with Gasteiger partial charge in [-0.25, -0.2) is 14.4 Å². The summed E-state index contributed by atoms with van der Waals surface area (Å²) in [5, 5.41) is 7.57. The fourth-order valence-electron chi connectivity index (χ4n) is 6.63. The molecule has 3 N–H and O–H groups in total. The maximum absolute atomic E-state index is 13.9. The van der Waals surface area contributed by atoms with E-state index in [0.717, 1.165) is 16.9 Å². The molecule has 0 saturated carbocycles. The predicted molar refractivity (Wildman–Crippen MR) is 178 cm³/mol. The average Bonchev–Trinajstić information content (AvgIpc) is 3.49. The number of nitrogens with one attached hydrogen (secondary N) is 3. The molecule has 2 fully saturated rings. The minimum absolute atomic E-state index is 0.00504. The Labute approximate surface area is 280 Å². The van der Waals surface area contributed by atoms with E-state index in [4.69, 9.17) is 20.9 Å². The first-order valence-corrected chi connectivity index (χ1v) is 16.3. The van der Waals surface area contributed by atoms with E-state index in [2.05, 4.69) is 25.5 Å². The van der Waals surface area contributed by atoms with Crippen molar-refractivity contribution >= 4 is 52.1 Å². The van der Waals surface area contributed by atoms with E-state index in [1.54, 1.807) is 34.5 Å². The van der Waals surface area contributed by atoms with Crippen molar-refractivity contribution in [3.8, 4) is 0 Å². The Kier molecular flexibility index (Phi) is 8.91. The lowest BCUT2D eigenvalue weighted by Crippen LogP contribution is -2.56. The molecule has 3 aliphatic heterocycles. The van der Waals surface area contributed by atoms with E-state index in [1.165, 1.54) is 0 Å². The van der Waals surface area contributed by atoms with Gasteiger partial charge in [0.2, 0.25) is 5.91 Å². The number of urea groups is 1. The smallest absolute Gasteiger partial charge is 0.408 e. The third kappa shape index (κ3) is 6.80. The SMILES string of the molecule is O=C(NC(Cc1cc(Cl)c2[nH]c(=O)oc2c1)C(=O)N1CCN(c2ccncc2)CC1)ON1CCC(N2Cc3ccccc3NC2=O)CC1. The monoisotopic (exact) mass is 674 g/mol. The van der Waals surface area contributed by atoms with Gasteiger partial charge in [-0.3, -0.25) is 14.8 Å². The molecule has 0 aliphatic carbocycles. The Morgan fingerprint density at radius 3 is 2.54 bits per heavy atom. The first-order valence-electron chi connectivity index (χ1n) is 15.9. The second-order valence-electron chi connectivity index (χ2n) is 12.1. The molecule has 250 valence electrons. The number of carbonyl (C=O) groups is 3. The number of H-pyrrole nitrogens is 1. The van der Waals surface area contributed by atoms with E-state index in [-0.39, 0.29) is 35.0 Å². The van der Waals surface area contributed by atoms with Gasteiger partial charge in [-0.15, -0.1) is 5.06 Å². The van der Waals surface area contributed by atoms with Gasteiger partial charge in [-0.2, -0.15) is 0 Å². The molecule has 2 aromatic heterocycles. The van der Waals surface area contributed by atoms with Crippen LogP contribution in [0.1, 0.15) is 24.0 Å². The Morgan fingerprint density at radius 2 is 1.77 bits per heavy atom. The van der Waals surface area contributed by atoms with Gasteiger partial charge < -0.3 is 34.6 Å². The molecule has 7 rings (SSSR count). The third-order valence-corrected chi connectivity index (χ3v) is 9.43. The lowest BCUT2D eigenvalue weighted by atomic mass is 10.0. The number of fused-ring (bicyclic) bond motifs is 2. The van der Waals surface area contributed by atoms with Gasteiger partial charge in [0.25, 0.3) is 0 Å². The summed E-state index contributed by atoms with van der Waals surface area (Å²) in [6, 6.07) is 13.8. The summed E-state index contributed by atoms with van der Waals surface area (Å²) in [6.45, 7) is 3.54. The highest BCUT2D eigenvalue weighted by molar-refractivity contribution is 6.34. The van der Waals surface area contributed by atoms with Crippen LogP contribution in [-0.2, 0) is 22.6 Å². The van der Waals surface area contributed by atoms with Gasteiger partial charge in [0, 0.05) is 82.0 Å². The molecular weight excluding hydrogens is 640 g/mol. The molecule has 2 aromatic carbocycles. The summed E-state index contributed by atoms with van der Waals surface area (Å²) in [7, 11) is 0. The number of para-hydroxylation sites is 1. The highest BCUT2D eigenvalue weighted by Gasteiger charge is 2.34. The summed E-state index contributed by atoms with van der Waals surface area (Å²) in [5.41, 5.74) is 4.14. The standard InChI is InChI=1S/C33H35ClN8O6/c34-25-17-21(19-28-29(25)38-32(45)47-28)18-27(30(43)40-15-13-39(14-16-40)23-5-9-35-10-6-23)37-33(46)48-41-11-7-24(8-12-41)42-20-22-3-1-2-4-26(22)36-31(42)44/h1-6,9-10,17,19,24,27H,7-8,11-16,18,20H2,(H,36,44)(H,37,46)(H,38,45). The van der Waals surface area contributed by atoms with E-state index in [1.807, 2.05) is 41.3 Å². The quantitative estimate of drug-likeness (QED) is 0.267. The number of hydrogen-bond donors (Lipinski definition) is 3. The van der Waals surface area contributed by atoms with E-state index < -0.39 is 17.9 Å². The molecule has 5 heterocycles. The number of piperidine rings is 1. The summed E-state index contributed by atoms with van der Waals surface area (Å²) >= 11 is 6.42. The number of pyridine rings is 1. The van der Waals surface area contributed by atoms with Gasteiger partial charge in [0.15, 0.2) is 5.58 Å². The third-order valence-electron chi connectivity index (χ3n) is 9.13. The highest BCUT2D eigenvalue weighted by Crippen LogP contribution is 2.28. The van der Waals surface area contributed by atoms with Gasteiger partial charge in [0.05, 0.1) is 5.02 Å². The van der Waals surface area contributed by atoms with Crippen LogP contribution in [0.25, 0.3) is 11.1 Å². The van der Waals surface area contributed by atoms with E-state index in [9.17, 15) is 19.2 Å². The number of hydrogen-bond acceptors (Lipinski definition) is 9. The van der Waals surface area contributed by atoms with Gasteiger partial charge in [-0.05, 0) is 54.3 Å². The van der Waals surface area contributed by atoms with Crippen LogP contribution < -0.4 is 21.3 Å². The molecule has 0 radical (unpaired) electrons. The van der Waals surface area contributed by atoms with Crippen LogP contribution in [0, 0.1) is 0 Å². The van der Waals surface area contributed by atoms with Crippen molar-refractivity contribution in [1.82, 2.24) is 30.1 Å². The predicted octanol–water partition coefficient (Wildman–Crippen LogP) is 3.58. The molecule has 4 amide bonds. The first kappa shape index (κ1) is 31.5. The molecular formula is C33H35ClN8O6. The number of hydroxylamine groups is 2. The lowest BCUT2D eigenvalue weighted by molar-refractivity contribution is -0.136. The zero-order chi connectivity index (χ0) is 33.2. The normalized spacial score (nSPS) is 17.9. The largest absolute Gasteiger partial charge is 0.426 e. The lowest BCUT2D eigenvalue weighted by Gasteiger charge is -2.40. The Balaban J connectivity index is 0.998. The first-order chi connectivity index (χ1) is 23.3. The number of aromatic amines is 1. The summed E-state index contributed by atoms with van der Waals surface area (Å²) in [6.07, 6.45) is 4.04. The maximum Gasteiger partial charge on any atom is 0.426 e. The second-order valence-corrected chi connectivity index (χ2v) is 12.5. The van der Waals surface area contributed by atoms with Crippen molar-refractivity contribution in [2.75, 3.05) is 49.5 Å². The number of benzene rings is 2. The van der Waals surface area contributed by atoms with Crippen LogP contribution in [0.4, 0.5) is 21.0 Å². The van der Waals surface area contributed by atoms with E-state index in [0.29, 0.717) is 69.7 Å². The number of anilines is 2. The number of carbonyl (C=O) groups excluding carboxylic acids is 3. The number of oxazole rings is 1. The Bertz CT molecular complexity index is 1870. The molecule has 14 nitrogen and oxygen atoms in total. The van der Waals surface area contributed by atoms with E-state index >= 15 is 0 Å². The summed E-state index contributed by atoms with van der Waals surface area (Å²) in [5.74, 6) is -0.900. The van der Waals surface area contributed by atoms with Crippen LogP contribution in [0.2, 0.25) is 5.02 Å². The number of aromatic nitrogens is 2. The molecule has 1 unspecified atom stereocenters. The fraction of sp³-hybridized carbons (Fsp3) is 0.364. The second kappa shape index (κ2) is 13.6. The van der Waals surface area contributed by atoms with Crippen molar-refractivity contribution in [2.45, 2.75) is 37.9 Å². The van der Waals surface area contributed by atoms with Crippen molar-refractivity contribution in [3.05, 3.63) is 87.6 Å². The maximum atomic E-state index is 13.9. The van der Waals surface area contributed by atoms with Crippen LogP contribution in [0.15, 0.2) is 70.1 Å². The number of rotatable bonds is 7. The molecule has 0 spiro atoms. The van der Waals surface area contributed by atoms with Gasteiger partial charge >= 0.3 is 17.9 Å². The minimum atomic E-state index is -0.973. The molecule has 4 aromatic rings. The van der Waals surface area contributed by atoms with Crippen molar-refractivity contribution in [1.29, 1.82) is 0 Å². The molecule has 15 heteroatoms. The van der Waals surface area contributed by atoms with Crippen molar-refractivity contribution in [2.24, 2.45) is 0 Å². The minimum Gasteiger partial charge on any atom is -0.408 e. The van der Waals surface area contributed by atoms with Crippen molar-refractivity contribution in [3.63, 3.8) is 0 Å². The number of halogens is 1. The number of piperazine rings is 1.